The Bertz CT molecular complexity index is 667. The molecule has 0 aliphatic rings. The number of phenolic OH excluding ortho intramolecular Hbond substituents is 1. The van der Waals surface area contributed by atoms with Gasteiger partial charge in [-0.05, 0) is 24.3 Å². The van der Waals surface area contributed by atoms with Crippen molar-refractivity contribution in [1.29, 1.82) is 0 Å². The molecule has 3 N–H and O–H groups in total. The van der Waals surface area contributed by atoms with Crippen LogP contribution in [0.2, 0.25) is 0 Å². The third-order valence-electron chi connectivity index (χ3n) is 3.31. The first-order valence-electron chi connectivity index (χ1n) is 6.86. The molecule has 0 radical (unpaired) electrons. The van der Waals surface area contributed by atoms with Crippen LogP contribution < -0.4 is 4.57 Å². The number of benzene rings is 1. The van der Waals surface area contributed by atoms with E-state index >= 15 is 0 Å². The molecular formula is C16H18NO5+. The maximum atomic E-state index is 11.7. The number of hydrogen-bond donors (Lipinski definition) is 3. The molecule has 0 aliphatic heterocycles. The lowest BCUT2D eigenvalue weighted by molar-refractivity contribution is -0.703. The largest absolute Gasteiger partial charge is 0.508 e. The van der Waals surface area contributed by atoms with E-state index in [0.29, 0.717) is 24.2 Å². The summed E-state index contributed by atoms with van der Waals surface area (Å²) in [5.74, 6) is -0.665. The molecule has 0 fully saturated rings. The van der Waals surface area contributed by atoms with E-state index in [2.05, 4.69) is 0 Å². The molecule has 0 bridgehead atoms. The topological polar surface area (TPSA) is 90.9 Å². The van der Waals surface area contributed by atoms with Gasteiger partial charge in [0.2, 0.25) is 11.4 Å². The molecule has 2 rings (SSSR count). The van der Waals surface area contributed by atoms with Gasteiger partial charge >= 0.3 is 5.97 Å². The van der Waals surface area contributed by atoms with Crippen molar-refractivity contribution in [2.45, 2.75) is 19.9 Å². The third-order valence-corrected chi connectivity index (χ3v) is 3.31. The summed E-state index contributed by atoms with van der Waals surface area (Å²) in [5, 5.41) is 28.1. The van der Waals surface area contributed by atoms with E-state index in [-0.39, 0.29) is 23.9 Å². The number of carbonyl (C=O) groups excluding carboxylic acids is 1. The van der Waals surface area contributed by atoms with Crippen molar-refractivity contribution in [2.75, 3.05) is 6.61 Å². The number of hydrogen-bond acceptors (Lipinski definition) is 5. The highest BCUT2D eigenvalue weighted by molar-refractivity contribution is 5.89. The molecule has 116 valence electrons. The molecular weight excluding hydrogens is 286 g/mol. The Morgan fingerprint density at radius 3 is 2.50 bits per heavy atom. The molecule has 0 spiro atoms. The van der Waals surface area contributed by atoms with Gasteiger partial charge in [-0.1, -0.05) is 0 Å². The molecule has 6 heteroatoms. The number of aryl methyl sites for hydroxylation is 1. The molecule has 0 amide bonds. The molecule has 22 heavy (non-hydrogen) atoms. The Morgan fingerprint density at radius 2 is 1.82 bits per heavy atom. The maximum Gasteiger partial charge on any atom is 0.338 e. The van der Waals surface area contributed by atoms with Gasteiger partial charge in [0.15, 0.2) is 18.5 Å². The van der Waals surface area contributed by atoms with E-state index in [1.54, 1.807) is 17.7 Å². The molecule has 0 atom stereocenters. The fraction of sp³-hybridized carbons (Fsp3) is 0.250. The van der Waals surface area contributed by atoms with Gasteiger partial charge in [0, 0.05) is 19.4 Å². The summed E-state index contributed by atoms with van der Waals surface area (Å²) in [7, 11) is 0. The second-order valence-corrected chi connectivity index (χ2v) is 4.86. The van der Waals surface area contributed by atoms with Crippen molar-refractivity contribution in [1.82, 2.24) is 0 Å². The summed E-state index contributed by atoms with van der Waals surface area (Å²) in [6, 6.07) is 7.25. The second kappa shape index (κ2) is 6.80. The van der Waals surface area contributed by atoms with Gasteiger partial charge in [0.25, 0.3) is 0 Å². The summed E-state index contributed by atoms with van der Waals surface area (Å²) < 4.78 is 6.91. The van der Waals surface area contributed by atoms with Crippen molar-refractivity contribution in [3.8, 4) is 17.2 Å². The highest BCUT2D eigenvalue weighted by atomic mass is 16.5. The Hall–Kier alpha value is -2.76. The molecule has 1 heterocycles. The minimum absolute atomic E-state index is 0.0931. The lowest BCUT2D eigenvalue weighted by atomic mass is 10.2. The SMILES string of the molecule is Cc1c(O)c(O)cc[n+]1CCCOC(=O)c1ccc(O)cc1. The van der Waals surface area contributed by atoms with Gasteiger partial charge in [0.05, 0.1) is 12.2 Å². The Morgan fingerprint density at radius 1 is 1.14 bits per heavy atom. The Labute approximate surface area is 127 Å². The van der Waals surface area contributed by atoms with Crippen LogP contribution >= 0.6 is 0 Å². The first-order chi connectivity index (χ1) is 10.5. The summed E-state index contributed by atoms with van der Waals surface area (Å²) in [6.07, 6.45) is 2.23. The predicted octanol–water partition coefficient (Wildman–Crippen LogP) is 1.65. The third kappa shape index (κ3) is 3.66. The van der Waals surface area contributed by atoms with Crippen LogP contribution in [0.15, 0.2) is 36.5 Å². The molecule has 0 saturated carbocycles. The molecule has 1 aromatic carbocycles. The summed E-state index contributed by atoms with van der Waals surface area (Å²) in [4.78, 5) is 11.7. The minimum Gasteiger partial charge on any atom is -0.508 e. The normalized spacial score (nSPS) is 10.4. The van der Waals surface area contributed by atoms with E-state index in [9.17, 15) is 15.0 Å². The summed E-state index contributed by atoms with van der Waals surface area (Å²) in [5.41, 5.74) is 0.925. The second-order valence-electron chi connectivity index (χ2n) is 4.86. The van der Waals surface area contributed by atoms with Crippen molar-refractivity contribution >= 4 is 5.97 Å². The van der Waals surface area contributed by atoms with Crippen LogP contribution in [-0.2, 0) is 11.3 Å². The van der Waals surface area contributed by atoms with Crippen LogP contribution in [0.5, 0.6) is 17.2 Å². The fourth-order valence-corrected chi connectivity index (χ4v) is 2.00. The van der Waals surface area contributed by atoms with Crippen LogP contribution in [0.25, 0.3) is 0 Å². The fourth-order valence-electron chi connectivity index (χ4n) is 2.00. The smallest absolute Gasteiger partial charge is 0.338 e. The number of ether oxygens (including phenoxy) is 1. The maximum absolute atomic E-state index is 11.7. The molecule has 0 aliphatic carbocycles. The molecule has 1 aromatic heterocycles. The van der Waals surface area contributed by atoms with Gasteiger partial charge < -0.3 is 20.1 Å². The molecule has 2 aromatic rings. The van der Waals surface area contributed by atoms with Crippen molar-refractivity contribution in [3.63, 3.8) is 0 Å². The summed E-state index contributed by atoms with van der Waals surface area (Å²) in [6.45, 7) is 2.47. The number of nitrogens with zero attached hydrogens (tertiary/aromatic N) is 1. The standard InChI is InChI=1S/C16H17NO5/c1-11-15(20)14(19)7-9-17(11)8-2-10-22-16(21)12-3-5-13(18)6-4-12/h3-7,9H,2,8,10H2,1H3,(H2,18,20,21)/p+1. The minimum atomic E-state index is -0.449. The van der Waals surface area contributed by atoms with Gasteiger partial charge in [-0.25, -0.2) is 4.79 Å². The number of pyridine rings is 1. The van der Waals surface area contributed by atoms with E-state index in [1.807, 2.05) is 0 Å². The van der Waals surface area contributed by atoms with E-state index < -0.39 is 5.97 Å². The predicted molar refractivity (Wildman–Crippen MR) is 77.7 cm³/mol. The van der Waals surface area contributed by atoms with E-state index in [0.717, 1.165) is 0 Å². The summed E-state index contributed by atoms with van der Waals surface area (Å²) >= 11 is 0. The molecule has 0 unspecified atom stereocenters. The van der Waals surface area contributed by atoms with Crippen LogP contribution in [0, 0.1) is 6.92 Å². The van der Waals surface area contributed by atoms with E-state index in [1.165, 1.54) is 30.3 Å². The lowest BCUT2D eigenvalue weighted by Crippen LogP contribution is -2.37. The zero-order chi connectivity index (χ0) is 16.1. The number of aromatic hydroxyl groups is 3. The van der Waals surface area contributed by atoms with Crippen LogP contribution in [-0.4, -0.2) is 27.9 Å². The molecule has 0 saturated heterocycles. The quantitative estimate of drug-likeness (QED) is 0.444. The van der Waals surface area contributed by atoms with Crippen LogP contribution in [0.4, 0.5) is 0 Å². The Kier molecular flexibility index (Phi) is 4.83. The number of aromatic nitrogens is 1. The average Bonchev–Trinajstić information content (AvgIpc) is 2.51. The van der Waals surface area contributed by atoms with Crippen molar-refractivity contribution in [2.24, 2.45) is 0 Å². The highest BCUT2D eigenvalue weighted by Crippen LogP contribution is 2.24. The number of esters is 1. The van der Waals surface area contributed by atoms with E-state index in [4.69, 9.17) is 9.84 Å². The monoisotopic (exact) mass is 304 g/mol. The number of rotatable bonds is 5. The van der Waals surface area contributed by atoms with Crippen LogP contribution in [0.3, 0.4) is 0 Å². The number of phenols is 1. The zero-order valence-electron chi connectivity index (χ0n) is 12.2. The lowest BCUT2D eigenvalue weighted by Gasteiger charge is -2.05. The van der Waals surface area contributed by atoms with Crippen molar-refractivity contribution < 1.29 is 29.4 Å². The van der Waals surface area contributed by atoms with Gasteiger partial charge in [-0.2, -0.15) is 4.57 Å². The Balaban J connectivity index is 1.83. The van der Waals surface area contributed by atoms with Crippen molar-refractivity contribution in [3.05, 3.63) is 47.8 Å². The van der Waals surface area contributed by atoms with Gasteiger partial charge in [-0.3, -0.25) is 0 Å². The van der Waals surface area contributed by atoms with Gasteiger partial charge in [-0.15, -0.1) is 0 Å². The average molecular weight is 304 g/mol. The first-order valence-corrected chi connectivity index (χ1v) is 6.86. The zero-order valence-corrected chi connectivity index (χ0v) is 12.2. The highest BCUT2D eigenvalue weighted by Gasteiger charge is 2.15. The van der Waals surface area contributed by atoms with Gasteiger partial charge in [0.1, 0.15) is 5.75 Å². The van der Waals surface area contributed by atoms with Crippen LogP contribution in [0.1, 0.15) is 22.5 Å². The first kappa shape index (κ1) is 15.6. The number of carbonyl (C=O) groups is 1. The molecule has 6 nitrogen and oxygen atoms in total.